The largest absolute Gasteiger partial charge is 0.388 e. The summed E-state index contributed by atoms with van der Waals surface area (Å²) in [7, 11) is 0. The minimum absolute atomic E-state index is 0.0442. The third kappa shape index (κ3) is 8.09. The molecule has 0 heterocycles. The molecule has 4 N–H and O–H groups in total. The minimum Gasteiger partial charge on any atom is -0.388 e. The van der Waals surface area contributed by atoms with Crippen LogP contribution in [0.1, 0.15) is 16.7 Å². The average Bonchev–Trinajstić information content (AvgIpc) is 2.87. The maximum atomic E-state index is 12.6. The maximum Gasteiger partial charge on any atom is 0.265 e. The predicted molar refractivity (Wildman–Crippen MR) is 124 cm³/mol. The highest BCUT2D eigenvalue weighted by Crippen LogP contribution is 2.16. The minimum atomic E-state index is -1.14. The van der Waals surface area contributed by atoms with Crippen molar-refractivity contribution in [1.29, 1.82) is 0 Å². The summed E-state index contributed by atoms with van der Waals surface area (Å²) in [6, 6.07) is 28.5. The molecule has 0 aliphatic carbocycles. The number of nitrogens with two attached hydrogens (primary N) is 1. The second-order valence-electron chi connectivity index (χ2n) is 7.56. The summed E-state index contributed by atoms with van der Waals surface area (Å²) in [6.45, 7) is 0.616. The molecule has 7 heteroatoms. The Balaban J connectivity index is 1.70. The average molecular weight is 451 g/mol. The van der Waals surface area contributed by atoms with Crippen molar-refractivity contribution in [3.63, 3.8) is 0 Å². The van der Waals surface area contributed by atoms with Gasteiger partial charge >= 0.3 is 0 Å². The van der Waals surface area contributed by atoms with E-state index in [1.54, 1.807) is 0 Å². The fourth-order valence-electron chi connectivity index (χ4n) is 3.30. The molecular weight excluding hydrogens is 420 g/mol. The van der Waals surface area contributed by atoms with Gasteiger partial charge in [0.15, 0.2) is 6.10 Å². The van der Waals surface area contributed by atoms with E-state index in [9.17, 15) is 9.90 Å². The van der Waals surface area contributed by atoms with E-state index in [2.05, 4.69) is 5.43 Å². The predicted octanol–water partition coefficient (Wildman–Crippen LogP) is 2.72. The first-order valence-electron chi connectivity index (χ1n) is 10.8. The fraction of sp³-hybridized carbons (Fsp3) is 0.269. The first-order chi connectivity index (χ1) is 16.2. The Morgan fingerprint density at radius 3 is 1.70 bits per heavy atom. The first-order valence-corrected chi connectivity index (χ1v) is 10.8. The summed E-state index contributed by atoms with van der Waals surface area (Å²) in [4.78, 5) is 12.6. The van der Waals surface area contributed by atoms with Gasteiger partial charge in [0.05, 0.1) is 26.4 Å². The molecule has 7 nitrogen and oxygen atoms in total. The molecule has 3 aromatic rings. The maximum absolute atomic E-state index is 12.6. The number of carbonyl (C=O) groups excluding carboxylic acids is 1. The van der Waals surface area contributed by atoms with Gasteiger partial charge in [0.2, 0.25) is 0 Å². The van der Waals surface area contributed by atoms with E-state index in [0.29, 0.717) is 6.61 Å². The molecule has 0 aliphatic rings. The van der Waals surface area contributed by atoms with Crippen LogP contribution < -0.4 is 11.3 Å². The van der Waals surface area contributed by atoms with Crippen LogP contribution in [0.5, 0.6) is 0 Å². The van der Waals surface area contributed by atoms with Crippen molar-refractivity contribution in [3.05, 3.63) is 108 Å². The van der Waals surface area contributed by atoms with Crippen LogP contribution in [0, 0.1) is 0 Å². The lowest BCUT2D eigenvalue weighted by atomic mass is 10.1. The zero-order valence-corrected chi connectivity index (χ0v) is 18.4. The summed E-state index contributed by atoms with van der Waals surface area (Å²) in [5, 5.41) is 10.9. The highest BCUT2D eigenvalue weighted by Gasteiger charge is 2.35. The van der Waals surface area contributed by atoms with Crippen molar-refractivity contribution in [2.45, 2.75) is 38.1 Å². The summed E-state index contributed by atoms with van der Waals surface area (Å²) >= 11 is 0. The lowest BCUT2D eigenvalue weighted by Gasteiger charge is -2.30. The summed E-state index contributed by atoms with van der Waals surface area (Å²) < 4.78 is 17.6. The molecule has 3 rings (SSSR count). The molecule has 0 spiro atoms. The van der Waals surface area contributed by atoms with Gasteiger partial charge in [-0.1, -0.05) is 91.0 Å². The van der Waals surface area contributed by atoms with E-state index in [0.717, 1.165) is 16.7 Å². The van der Waals surface area contributed by atoms with Crippen molar-refractivity contribution in [2.24, 2.45) is 5.84 Å². The monoisotopic (exact) mass is 450 g/mol. The van der Waals surface area contributed by atoms with Crippen molar-refractivity contribution in [3.8, 4) is 0 Å². The number of hydrazine groups is 1. The van der Waals surface area contributed by atoms with E-state index in [1.165, 1.54) is 0 Å². The van der Waals surface area contributed by atoms with Gasteiger partial charge in [-0.25, -0.2) is 5.84 Å². The molecule has 1 amide bonds. The molecule has 174 valence electrons. The van der Waals surface area contributed by atoms with Gasteiger partial charge in [0.25, 0.3) is 5.91 Å². The molecule has 0 aromatic heterocycles. The summed E-state index contributed by atoms with van der Waals surface area (Å²) in [6.07, 6.45) is -3.28. The van der Waals surface area contributed by atoms with Gasteiger partial charge < -0.3 is 19.3 Å². The van der Waals surface area contributed by atoms with Crippen LogP contribution in [-0.4, -0.2) is 35.9 Å². The van der Waals surface area contributed by atoms with Crippen molar-refractivity contribution < 1.29 is 24.1 Å². The number of nitrogens with one attached hydrogen (secondary N) is 1. The molecule has 0 saturated carbocycles. The Morgan fingerprint density at radius 2 is 1.21 bits per heavy atom. The third-order valence-electron chi connectivity index (χ3n) is 5.04. The lowest BCUT2D eigenvalue weighted by molar-refractivity contribution is -0.166. The van der Waals surface area contributed by atoms with Gasteiger partial charge in [0, 0.05) is 0 Å². The van der Waals surface area contributed by atoms with Gasteiger partial charge in [-0.05, 0) is 16.7 Å². The van der Waals surface area contributed by atoms with Gasteiger partial charge in [-0.3, -0.25) is 10.2 Å². The van der Waals surface area contributed by atoms with Crippen LogP contribution in [0.3, 0.4) is 0 Å². The van der Waals surface area contributed by atoms with E-state index < -0.39 is 24.2 Å². The van der Waals surface area contributed by atoms with Crippen LogP contribution in [0.25, 0.3) is 0 Å². The molecule has 33 heavy (non-hydrogen) atoms. The molecule has 0 aliphatic heterocycles. The van der Waals surface area contributed by atoms with Crippen molar-refractivity contribution in [1.82, 2.24) is 5.43 Å². The molecule has 0 saturated heterocycles. The zero-order chi connectivity index (χ0) is 23.3. The molecular formula is C26H30N2O5. The fourth-order valence-corrected chi connectivity index (χ4v) is 3.30. The molecule has 0 fully saturated rings. The highest BCUT2D eigenvalue weighted by molar-refractivity contribution is 5.81. The highest BCUT2D eigenvalue weighted by atomic mass is 16.6. The van der Waals surface area contributed by atoms with E-state index >= 15 is 0 Å². The smallest absolute Gasteiger partial charge is 0.265 e. The summed E-state index contributed by atoms with van der Waals surface area (Å²) in [5.74, 6) is 4.82. The van der Waals surface area contributed by atoms with E-state index in [-0.39, 0.29) is 19.8 Å². The SMILES string of the molecule is NNC(=O)[C@@H](OCc1ccccc1)[C@H](OCc1ccccc1)[C@H](O)COCc1ccccc1. The van der Waals surface area contributed by atoms with Crippen LogP contribution >= 0.6 is 0 Å². The van der Waals surface area contributed by atoms with Gasteiger partial charge in [-0.2, -0.15) is 0 Å². The number of benzene rings is 3. The quantitative estimate of drug-likeness (QED) is 0.210. The van der Waals surface area contributed by atoms with Crippen molar-refractivity contribution >= 4 is 5.91 Å². The molecule has 0 bridgehead atoms. The molecule has 0 unspecified atom stereocenters. The zero-order valence-electron chi connectivity index (χ0n) is 18.4. The number of ether oxygens (including phenoxy) is 3. The second-order valence-corrected chi connectivity index (χ2v) is 7.56. The second kappa shape index (κ2) is 13.5. The molecule has 3 atom stereocenters. The Morgan fingerprint density at radius 1 is 0.758 bits per heavy atom. The van der Waals surface area contributed by atoms with E-state index in [4.69, 9.17) is 20.1 Å². The topological polar surface area (TPSA) is 103 Å². The number of hydrogen-bond donors (Lipinski definition) is 3. The van der Waals surface area contributed by atoms with Gasteiger partial charge in [-0.15, -0.1) is 0 Å². The van der Waals surface area contributed by atoms with Crippen LogP contribution in [0.2, 0.25) is 0 Å². The Bertz CT molecular complexity index is 941. The van der Waals surface area contributed by atoms with Crippen molar-refractivity contribution in [2.75, 3.05) is 6.61 Å². The normalized spacial score (nSPS) is 13.8. The number of carbonyl (C=O) groups is 1. The number of amides is 1. The molecule has 0 radical (unpaired) electrons. The Kier molecular flexibility index (Phi) is 10.0. The van der Waals surface area contributed by atoms with Crippen LogP contribution in [0.15, 0.2) is 91.0 Å². The van der Waals surface area contributed by atoms with Crippen LogP contribution in [-0.2, 0) is 38.8 Å². The lowest BCUT2D eigenvalue weighted by Crippen LogP contribution is -2.52. The number of aliphatic hydroxyl groups excluding tert-OH is 1. The first kappa shape index (κ1) is 24.6. The third-order valence-corrected chi connectivity index (χ3v) is 5.04. The van der Waals surface area contributed by atoms with Crippen LogP contribution in [0.4, 0.5) is 0 Å². The standard InChI is InChI=1S/C26H30N2O5/c27-28-26(30)25(33-18-22-14-8-3-9-15-22)24(32-17-21-12-6-2-7-13-21)23(29)19-31-16-20-10-4-1-5-11-20/h1-15,23-25,29H,16-19,27H2,(H,28,30)/t23-,24-,25+/m1/s1. The Hall–Kier alpha value is -3.07. The number of rotatable bonds is 13. The molecule has 3 aromatic carbocycles. The Labute approximate surface area is 194 Å². The number of aliphatic hydroxyl groups is 1. The van der Waals surface area contributed by atoms with Gasteiger partial charge in [0.1, 0.15) is 12.2 Å². The number of hydrogen-bond acceptors (Lipinski definition) is 6. The summed E-state index contributed by atoms with van der Waals surface area (Å²) in [5.41, 5.74) is 4.87. The van der Waals surface area contributed by atoms with E-state index in [1.807, 2.05) is 91.0 Å².